The van der Waals surface area contributed by atoms with Gasteiger partial charge in [-0.25, -0.2) is 0 Å². The maximum Gasteiger partial charge on any atom is 0.306 e. The van der Waals surface area contributed by atoms with E-state index < -0.39 is 6.10 Å². The third-order valence-electron chi connectivity index (χ3n) is 12.1. The highest BCUT2D eigenvalue weighted by atomic mass is 16.6. The molecule has 0 N–H and O–H groups in total. The lowest BCUT2D eigenvalue weighted by Gasteiger charge is -2.18. The van der Waals surface area contributed by atoms with Crippen molar-refractivity contribution >= 4 is 17.9 Å². The SMILES string of the molecule is CC/C=C\C/C=C\C/C=C\C/C=C\CCCCC(=O)OCC(COC(=O)CCCCCCCCC/C=C\CCCCCCCCC)OC(=O)CCCCCCCCC/C=C\C/C=C\CCCCC. The largest absolute Gasteiger partial charge is 0.462 e. The normalized spacial score (nSPS) is 12.7. The highest BCUT2D eigenvalue weighted by Crippen LogP contribution is 2.15. The molecule has 6 heteroatoms. The molecule has 0 saturated heterocycles. The van der Waals surface area contributed by atoms with Crippen LogP contribution in [-0.4, -0.2) is 37.2 Å². The Morgan fingerprint density at radius 1 is 0.309 bits per heavy atom. The number of hydrogen-bond acceptors (Lipinski definition) is 6. The number of rotatable bonds is 51. The van der Waals surface area contributed by atoms with Gasteiger partial charge < -0.3 is 14.2 Å². The summed E-state index contributed by atoms with van der Waals surface area (Å²) in [5, 5.41) is 0. The fourth-order valence-corrected chi connectivity index (χ4v) is 7.81. The molecule has 0 rings (SSSR count). The Bertz CT molecular complexity index is 1320. The molecule has 0 aliphatic carbocycles. The molecule has 68 heavy (non-hydrogen) atoms. The molecule has 0 fully saturated rings. The van der Waals surface area contributed by atoms with Crippen molar-refractivity contribution < 1.29 is 28.6 Å². The first-order valence-corrected chi connectivity index (χ1v) is 28.6. The molecule has 0 amide bonds. The maximum atomic E-state index is 12.9. The van der Waals surface area contributed by atoms with Crippen molar-refractivity contribution in [2.75, 3.05) is 13.2 Å². The van der Waals surface area contributed by atoms with E-state index in [-0.39, 0.29) is 31.1 Å². The molecule has 1 unspecified atom stereocenters. The molecule has 0 aliphatic rings. The van der Waals surface area contributed by atoms with Gasteiger partial charge >= 0.3 is 17.9 Å². The minimum absolute atomic E-state index is 0.0951. The molecule has 0 heterocycles. The fraction of sp³-hybridized carbons (Fsp3) is 0.726. The number of hydrogen-bond donors (Lipinski definition) is 0. The Kier molecular flexibility index (Phi) is 53.4. The van der Waals surface area contributed by atoms with Gasteiger partial charge in [0.25, 0.3) is 0 Å². The number of unbranched alkanes of at least 4 members (excludes halogenated alkanes) is 26. The van der Waals surface area contributed by atoms with Crippen LogP contribution in [0.5, 0.6) is 0 Å². The topological polar surface area (TPSA) is 78.9 Å². The molecule has 390 valence electrons. The first-order chi connectivity index (χ1) is 33.5. The van der Waals surface area contributed by atoms with Gasteiger partial charge in [0.15, 0.2) is 6.10 Å². The Hall–Kier alpha value is -3.41. The molecular formula is C62H106O6. The van der Waals surface area contributed by atoms with Crippen LogP contribution in [-0.2, 0) is 28.6 Å². The summed E-state index contributed by atoms with van der Waals surface area (Å²) in [6.45, 7) is 6.46. The van der Waals surface area contributed by atoms with Gasteiger partial charge in [-0.05, 0) is 116 Å². The van der Waals surface area contributed by atoms with E-state index in [1.54, 1.807) is 0 Å². The first kappa shape index (κ1) is 64.6. The molecule has 0 aromatic rings. The lowest BCUT2D eigenvalue weighted by atomic mass is 10.1. The van der Waals surface area contributed by atoms with E-state index in [0.29, 0.717) is 19.3 Å². The van der Waals surface area contributed by atoms with Gasteiger partial charge in [-0.15, -0.1) is 0 Å². The number of carbonyl (C=O) groups is 3. The number of ether oxygens (including phenoxy) is 3. The molecule has 0 spiro atoms. The summed E-state index contributed by atoms with van der Waals surface area (Å²) in [5.41, 5.74) is 0. The van der Waals surface area contributed by atoms with Crippen molar-refractivity contribution in [3.05, 3.63) is 85.1 Å². The van der Waals surface area contributed by atoms with Crippen molar-refractivity contribution in [3.8, 4) is 0 Å². The van der Waals surface area contributed by atoms with Crippen LogP contribution in [0.1, 0.15) is 271 Å². The smallest absolute Gasteiger partial charge is 0.306 e. The van der Waals surface area contributed by atoms with Crippen LogP contribution < -0.4 is 0 Å². The van der Waals surface area contributed by atoms with Gasteiger partial charge in [-0.3, -0.25) is 14.4 Å². The third kappa shape index (κ3) is 53.5. The van der Waals surface area contributed by atoms with Crippen LogP contribution >= 0.6 is 0 Å². The molecule has 0 aliphatic heterocycles. The lowest BCUT2D eigenvalue weighted by Crippen LogP contribution is -2.30. The standard InChI is InChI=1S/C62H106O6/c1-4-7-10-13-16-19-22-25-28-30-32-34-37-40-43-46-49-52-55-61(64)67-58-59(57-66-60(63)54-51-48-45-42-39-36-33-27-24-21-18-15-12-9-6-3)68-62(65)56-53-50-47-44-41-38-35-31-29-26-23-20-17-14-11-8-5-2/h9,12,17-18,20-21,26-30,33,39,42,59H,4-8,10-11,13-16,19,22-25,31-32,34-38,40-41,43-58H2,1-3H3/b12-9-,20-17-,21-18-,29-26-,30-28-,33-27-,42-39-. The average Bonchev–Trinajstić information content (AvgIpc) is 3.34. The van der Waals surface area contributed by atoms with Crippen molar-refractivity contribution in [1.82, 2.24) is 0 Å². The van der Waals surface area contributed by atoms with Crippen LogP contribution in [0.3, 0.4) is 0 Å². The summed E-state index contributed by atoms with van der Waals surface area (Å²) in [4.78, 5) is 38.1. The summed E-state index contributed by atoms with van der Waals surface area (Å²) in [6, 6.07) is 0. The third-order valence-corrected chi connectivity index (χ3v) is 12.1. The van der Waals surface area contributed by atoms with E-state index in [2.05, 4.69) is 106 Å². The molecule has 0 aromatic heterocycles. The Morgan fingerprint density at radius 3 is 0.971 bits per heavy atom. The molecule has 0 bridgehead atoms. The fourth-order valence-electron chi connectivity index (χ4n) is 7.81. The van der Waals surface area contributed by atoms with Gasteiger partial charge in [0.2, 0.25) is 0 Å². The lowest BCUT2D eigenvalue weighted by molar-refractivity contribution is -0.167. The van der Waals surface area contributed by atoms with E-state index in [1.165, 1.54) is 135 Å². The van der Waals surface area contributed by atoms with E-state index in [0.717, 1.165) is 96.3 Å². The van der Waals surface area contributed by atoms with Gasteiger partial charge in [-0.2, -0.15) is 0 Å². The molecular weight excluding hydrogens is 841 g/mol. The summed E-state index contributed by atoms with van der Waals surface area (Å²) in [7, 11) is 0. The second kappa shape index (κ2) is 56.2. The molecule has 6 nitrogen and oxygen atoms in total. The average molecular weight is 948 g/mol. The quantitative estimate of drug-likeness (QED) is 0.0262. The van der Waals surface area contributed by atoms with Gasteiger partial charge in [0.05, 0.1) is 0 Å². The van der Waals surface area contributed by atoms with Gasteiger partial charge in [0.1, 0.15) is 13.2 Å². The zero-order chi connectivity index (χ0) is 49.3. The van der Waals surface area contributed by atoms with Crippen LogP contribution in [0.25, 0.3) is 0 Å². The van der Waals surface area contributed by atoms with Gasteiger partial charge in [-0.1, -0.05) is 221 Å². The highest BCUT2D eigenvalue weighted by Gasteiger charge is 2.19. The van der Waals surface area contributed by atoms with Crippen molar-refractivity contribution in [3.63, 3.8) is 0 Å². The number of esters is 3. The van der Waals surface area contributed by atoms with Crippen LogP contribution in [0.4, 0.5) is 0 Å². The van der Waals surface area contributed by atoms with Crippen molar-refractivity contribution in [2.45, 2.75) is 277 Å². The Morgan fingerprint density at radius 2 is 0.574 bits per heavy atom. The van der Waals surface area contributed by atoms with Crippen molar-refractivity contribution in [1.29, 1.82) is 0 Å². The van der Waals surface area contributed by atoms with Crippen LogP contribution in [0.15, 0.2) is 85.1 Å². The second-order valence-electron chi connectivity index (χ2n) is 18.8. The summed E-state index contributed by atoms with van der Waals surface area (Å²) >= 11 is 0. The molecule has 0 radical (unpaired) electrons. The Balaban J connectivity index is 4.45. The minimum Gasteiger partial charge on any atom is -0.462 e. The summed E-state index contributed by atoms with van der Waals surface area (Å²) < 4.78 is 16.8. The first-order valence-electron chi connectivity index (χ1n) is 28.6. The second-order valence-corrected chi connectivity index (χ2v) is 18.8. The van der Waals surface area contributed by atoms with E-state index in [9.17, 15) is 14.4 Å². The van der Waals surface area contributed by atoms with E-state index in [4.69, 9.17) is 14.2 Å². The predicted molar refractivity (Wildman–Crippen MR) is 293 cm³/mol. The zero-order valence-electron chi connectivity index (χ0n) is 44.6. The molecule has 0 aromatic carbocycles. The van der Waals surface area contributed by atoms with E-state index in [1.807, 2.05) is 0 Å². The Labute approximate surface area is 420 Å². The van der Waals surface area contributed by atoms with Crippen LogP contribution in [0.2, 0.25) is 0 Å². The van der Waals surface area contributed by atoms with Crippen molar-refractivity contribution in [2.24, 2.45) is 0 Å². The summed E-state index contributed by atoms with van der Waals surface area (Å²) in [6.07, 6.45) is 72.8. The molecule has 1 atom stereocenters. The minimum atomic E-state index is -0.800. The highest BCUT2D eigenvalue weighted by molar-refractivity contribution is 5.71. The summed E-state index contributed by atoms with van der Waals surface area (Å²) in [5.74, 6) is -0.945. The van der Waals surface area contributed by atoms with Gasteiger partial charge in [0, 0.05) is 19.3 Å². The predicted octanol–water partition coefficient (Wildman–Crippen LogP) is 19.2. The monoisotopic (exact) mass is 947 g/mol. The van der Waals surface area contributed by atoms with E-state index >= 15 is 0 Å². The maximum absolute atomic E-state index is 12.9. The number of carbonyl (C=O) groups excluding carboxylic acids is 3. The zero-order valence-corrected chi connectivity index (χ0v) is 44.6. The van der Waals surface area contributed by atoms with Crippen LogP contribution in [0, 0.1) is 0 Å². The number of allylic oxidation sites excluding steroid dienone is 14. The molecule has 0 saturated carbocycles.